The van der Waals surface area contributed by atoms with E-state index in [9.17, 15) is 0 Å². The molecule has 2 N–H and O–H groups in total. The molecule has 0 heterocycles. The van der Waals surface area contributed by atoms with Gasteiger partial charge < -0.3 is 10.6 Å². The van der Waals surface area contributed by atoms with Crippen molar-refractivity contribution in [2.24, 2.45) is 17.6 Å². The van der Waals surface area contributed by atoms with Crippen LogP contribution >= 0.6 is 0 Å². The average Bonchev–Trinajstić information content (AvgIpc) is 2.89. The van der Waals surface area contributed by atoms with E-state index < -0.39 is 0 Å². The van der Waals surface area contributed by atoms with E-state index in [1.165, 1.54) is 51.7 Å². The molecule has 2 saturated carbocycles. The van der Waals surface area contributed by atoms with Crippen molar-refractivity contribution in [1.29, 1.82) is 0 Å². The Kier molecular flexibility index (Phi) is 3.45. The van der Waals surface area contributed by atoms with Gasteiger partial charge in [0.15, 0.2) is 0 Å². The van der Waals surface area contributed by atoms with E-state index in [0.29, 0.717) is 6.04 Å². The van der Waals surface area contributed by atoms with E-state index in [1.807, 2.05) is 0 Å². The van der Waals surface area contributed by atoms with Crippen LogP contribution in [-0.4, -0.2) is 30.6 Å². The molecule has 2 nitrogen and oxygen atoms in total. The molecule has 0 saturated heterocycles. The molecule has 0 aromatic rings. The van der Waals surface area contributed by atoms with Crippen molar-refractivity contribution in [3.05, 3.63) is 0 Å². The number of hydrogen-bond donors (Lipinski definition) is 1. The van der Waals surface area contributed by atoms with Gasteiger partial charge in [0.2, 0.25) is 0 Å². The van der Waals surface area contributed by atoms with Gasteiger partial charge in [0.05, 0.1) is 0 Å². The van der Waals surface area contributed by atoms with Crippen molar-refractivity contribution >= 4 is 0 Å². The minimum atomic E-state index is 0.500. The number of rotatable bonds is 5. The lowest BCUT2D eigenvalue weighted by atomic mass is 10.1. The smallest absolute Gasteiger partial charge is 0.00420 e. The molecule has 2 unspecified atom stereocenters. The highest BCUT2D eigenvalue weighted by molar-refractivity contribution is 4.82. The highest BCUT2D eigenvalue weighted by Gasteiger charge is 2.27. The van der Waals surface area contributed by atoms with Crippen molar-refractivity contribution in [2.75, 3.05) is 19.6 Å². The highest BCUT2D eigenvalue weighted by atomic mass is 15.1. The first-order valence-corrected chi connectivity index (χ1v) is 6.26. The first-order chi connectivity index (χ1) is 6.78. The van der Waals surface area contributed by atoms with Crippen LogP contribution in [0.1, 0.15) is 39.0 Å². The summed E-state index contributed by atoms with van der Waals surface area (Å²) in [5.74, 6) is 1.92. The molecule has 0 aromatic carbocycles. The van der Waals surface area contributed by atoms with Crippen molar-refractivity contribution in [3.8, 4) is 0 Å². The molecular formula is C12H24N2. The van der Waals surface area contributed by atoms with Gasteiger partial charge in [0.1, 0.15) is 0 Å². The van der Waals surface area contributed by atoms with Crippen molar-refractivity contribution in [3.63, 3.8) is 0 Å². The monoisotopic (exact) mass is 196 g/mol. The molecular weight excluding hydrogens is 172 g/mol. The van der Waals surface area contributed by atoms with Gasteiger partial charge in [0.25, 0.3) is 0 Å². The molecule has 14 heavy (non-hydrogen) atoms. The van der Waals surface area contributed by atoms with E-state index in [-0.39, 0.29) is 0 Å². The zero-order chi connectivity index (χ0) is 9.97. The van der Waals surface area contributed by atoms with Crippen molar-refractivity contribution in [2.45, 2.75) is 45.1 Å². The summed E-state index contributed by atoms with van der Waals surface area (Å²) in [6, 6.07) is 0.500. The van der Waals surface area contributed by atoms with E-state index in [0.717, 1.165) is 11.8 Å². The Balaban J connectivity index is 1.70. The molecule has 0 aliphatic heterocycles. The third-order valence-corrected chi connectivity index (χ3v) is 3.76. The number of hydrogen-bond acceptors (Lipinski definition) is 2. The summed E-state index contributed by atoms with van der Waals surface area (Å²) in [4.78, 5) is 2.64. The Morgan fingerprint density at radius 2 is 1.71 bits per heavy atom. The topological polar surface area (TPSA) is 29.3 Å². The third kappa shape index (κ3) is 2.96. The van der Waals surface area contributed by atoms with Crippen LogP contribution in [0.15, 0.2) is 0 Å². The van der Waals surface area contributed by atoms with E-state index in [1.54, 1.807) is 0 Å². The van der Waals surface area contributed by atoms with Gasteiger partial charge in [-0.1, -0.05) is 6.92 Å². The van der Waals surface area contributed by atoms with Crippen LogP contribution in [0.25, 0.3) is 0 Å². The lowest BCUT2D eigenvalue weighted by Gasteiger charge is -2.23. The molecule has 0 aromatic heterocycles. The Labute approximate surface area is 87.8 Å². The second kappa shape index (κ2) is 4.63. The van der Waals surface area contributed by atoms with Gasteiger partial charge in [-0.2, -0.15) is 0 Å². The quantitative estimate of drug-likeness (QED) is 0.727. The maximum atomic E-state index is 5.94. The molecule has 0 amide bonds. The second-order valence-corrected chi connectivity index (χ2v) is 5.23. The van der Waals surface area contributed by atoms with Crippen LogP contribution in [0, 0.1) is 11.8 Å². The maximum absolute atomic E-state index is 5.94. The molecule has 0 bridgehead atoms. The van der Waals surface area contributed by atoms with Crippen LogP contribution in [0.5, 0.6) is 0 Å². The fourth-order valence-electron chi connectivity index (χ4n) is 2.64. The normalized spacial score (nSPS) is 32.8. The number of nitrogens with two attached hydrogens (primary N) is 1. The fourth-order valence-corrected chi connectivity index (χ4v) is 2.64. The lowest BCUT2D eigenvalue weighted by Crippen LogP contribution is -2.31. The summed E-state index contributed by atoms with van der Waals surface area (Å²) < 4.78 is 0. The molecule has 2 aliphatic rings. The number of nitrogens with zero attached hydrogens (tertiary/aromatic N) is 1. The summed E-state index contributed by atoms with van der Waals surface area (Å²) in [5.41, 5.74) is 5.94. The van der Waals surface area contributed by atoms with Gasteiger partial charge in [-0.15, -0.1) is 0 Å². The van der Waals surface area contributed by atoms with Crippen molar-refractivity contribution in [1.82, 2.24) is 4.90 Å². The molecule has 0 spiro atoms. The third-order valence-electron chi connectivity index (χ3n) is 3.76. The van der Waals surface area contributed by atoms with Gasteiger partial charge in [-0.25, -0.2) is 0 Å². The molecule has 2 fully saturated rings. The average molecular weight is 196 g/mol. The molecule has 0 radical (unpaired) electrons. The summed E-state index contributed by atoms with van der Waals surface area (Å²) in [6.45, 7) is 6.17. The molecule has 2 aliphatic carbocycles. The summed E-state index contributed by atoms with van der Waals surface area (Å²) in [6.07, 6.45) is 6.83. The Morgan fingerprint density at radius 1 is 1.07 bits per heavy atom. The second-order valence-electron chi connectivity index (χ2n) is 5.23. The molecule has 82 valence electrons. The summed E-state index contributed by atoms with van der Waals surface area (Å²) >= 11 is 0. The largest absolute Gasteiger partial charge is 0.328 e. The van der Waals surface area contributed by atoms with E-state index in [4.69, 9.17) is 5.73 Å². The van der Waals surface area contributed by atoms with Crippen molar-refractivity contribution < 1.29 is 0 Å². The Bertz CT molecular complexity index is 177. The van der Waals surface area contributed by atoms with Gasteiger partial charge in [0, 0.05) is 19.1 Å². The zero-order valence-corrected chi connectivity index (χ0v) is 9.41. The highest BCUT2D eigenvalue weighted by Crippen LogP contribution is 2.31. The van der Waals surface area contributed by atoms with Crippen LogP contribution < -0.4 is 5.73 Å². The molecule has 2 rings (SSSR count). The van der Waals surface area contributed by atoms with Gasteiger partial charge in [-0.05, 0) is 50.5 Å². The molecule has 2 atom stereocenters. The predicted octanol–water partition coefficient (Wildman–Crippen LogP) is 1.85. The summed E-state index contributed by atoms with van der Waals surface area (Å²) in [5, 5.41) is 0. The standard InChI is InChI=1S/C12H24N2/c1-2-14(8-10-3-4-10)9-11-5-6-12(13)7-11/h10-12H,2-9,13H2,1H3. The van der Waals surface area contributed by atoms with Crippen LogP contribution in [0.3, 0.4) is 0 Å². The van der Waals surface area contributed by atoms with Crippen LogP contribution in [0.2, 0.25) is 0 Å². The van der Waals surface area contributed by atoms with Gasteiger partial charge >= 0.3 is 0 Å². The summed E-state index contributed by atoms with van der Waals surface area (Å²) in [7, 11) is 0. The van der Waals surface area contributed by atoms with Crippen LogP contribution in [0.4, 0.5) is 0 Å². The SMILES string of the molecule is CCN(CC1CC1)CC1CCC(N)C1. The Morgan fingerprint density at radius 3 is 2.21 bits per heavy atom. The first-order valence-electron chi connectivity index (χ1n) is 6.26. The first kappa shape index (κ1) is 10.4. The van der Waals surface area contributed by atoms with E-state index >= 15 is 0 Å². The van der Waals surface area contributed by atoms with Crippen LogP contribution in [-0.2, 0) is 0 Å². The minimum absolute atomic E-state index is 0.500. The predicted molar refractivity (Wildman–Crippen MR) is 60.2 cm³/mol. The lowest BCUT2D eigenvalue weighted by molar-refractivity contribution is 0.233. The zero-order valence-electron chi connectivity index (χ0n) is 9.41. The maximum Gasteiger partial charge on any atom is 0.00420 e. The van der Waals surface area contributed by atoms with E-state index in [2.05, 4.69) is 11.8 Å². The van der Waals surface area contributed by atoms with Gasteiger partial charge in [-0.3, -0.25) is 0 Å². The Hall–Kier alpha value is -0.0800. The molecule has 2 heteroatoms. The fraction of sp³-hybridized carbons (Fsp3) is 1.00. The minimum Gasteiger partial charge on any atom is -0.328 e.